The Morgan fingerprint density at radius 3 is 2.34 bits per heavy atom. The van der Waals surface area contributed by atoms with Gasteiger partial charge in [-0.15, -0.1) is 11.3 Å². The van der Waals surface area contributed by atoms with Gasteiger partial charge in [0.05, 0.1) is 11.0 Å². The van der Waals surface area contributed by atoms with Gasteiger partial charge in [0.25, 0.3) is 0 Å². The van der Waals surface area contributed by atoms with Crippen LogP contribution in [0, 0.1) is 0 Å². The Hall–Kier alpha value is -3.12. The molecule has 0 saturated heterocycles. The first kappa shape index (κ1) is 16.8. The highest BCUT2D eigenvalue weighted by Gasteiger charge is 2.18. The minimum Gasteiger partial charge on any atom is -0.423 e. The summed E-state index contributed by atoms with van der Waals surface area (Å²) in [6, 6.07) is 28.8. The normalized spacial score (nSPS) is 11.8. The summed E-state index contributed by atoms with van der Waals surface area (Å²) in [5.41, 5.74) is 3.63. The fraction of sp³-hybridized carbons (Fsp3) is 0. The van der Waals surface area contributed by atoms with E-state index in [2.05, 4.69) is 59.2 Å². The van der Waals surface area contributed by atoms with Gasteiger partial charge >= 0.3 is 7.12 Å². The van der Waals surface area contributed by atoms with E-state index in [0.29, 0.717) is 5.46 Å². The fourth-order valence-corrected chi connectivity index (χ4v) is 5.60. The van der Waals surface area contributed by atoms with Gasteiger partial charge in [0.2, 0.25) is 0 Å². The quantitative estimate of drug-likeness (QED) is 0.414. The SMILES string of the molecule is OB(O)c1cccc(-n2c3ccccc3c3c4sc5ccccc5c4ccc32)c1. The predicted molar refractivity (Wildman–Crippen MR) is 123 cm³/mol. The van der Waals surface area contributed by atoms with Crippen molar-refractivity contribution >= 4 is 65.9 Å². The highest BCUT2D eigenvalue weighted by atomic mass is 32.1. The largest absolute Gasteiger partial charge is 0.488 e. The molecule has 0 fully saturated rings. The molecule has 0 radical (unpaired) electrons. The van der Waals surface area contributed by atoms with Crippen LogP contribution in [0.2, 0.25) is 0 Å². The first-order valence-corrected chi connectivity index (χ1v) is 10.3. The molecule has 0 bridgehead atoms. The summed E-state index contributed by atoms with van der Waals surface area (Å²) < 4.78 is 4.79. The lowest BCUT2D eigenvalue weighted by Gasteiger charge is -2.09. The van der Waals surface area contributed by atoms with Gasteiger partial charge < -0.3 is 14.6 Å². The lowest BCUT2D eigenvalue weighted by atomic mass is 9.80. The van der Waals surface area contributed by atoms with E-state index in [9.17, 15) is 10.0 Å². The first-order chi connectivity index (χ1) is 14.2. The molecule has 0 atom stereocenters. The molecule has 6 rings (SSSR count). The minimum atomic E-state index is -1.49. The number of fused-ring (bicyclic) bond motifs is 7. The molecule has 138 valence electrons. The molecular formula is C24H16BNO2S. The van der Waals surface area contributed by atoms with Crippen LogP contribution in [-0.4, -0.2) is 21.7 Å². The van der Waals surface area contributed by atoms with Crippen molar-refractivity contribution in [1.82, 2.24) is 4.57 Å². The monoisotopic (exact) mass is 393 g/mol. The topological polar surface area (TPSA) is 45.4 Å². The maximum Gasteiger partial charge on any atom is 0.488 e. The number of nitrogens with zero attached hydrogens (tertiary/aromatic N) is 1. The molecule has 0 aliphatic heterocycles. The molecule has 3 nitrogen and oxygen atoms in total. The average molecular weight is 393 g/mol. The van der Waals surface area contributed by atoms with Gasteiger partial charge in [-0.1, -0.05) is 54.6 Å². The third-order valence-electron chi connectivity index (χ3n) is 5.61. The van der Waals surface area contributed by atoms with Crippen molar-refractivity contribution in [3.8, 4) is 5.69 Å². The van der Waals surface area contributed by atoms with E-state index < -0.39 is 7.12 Å². The molecule has 0 aliphatic rings. The molecule has 4 aromatic carbocycles. The van der Waals surface area contributed by atoms with Gasteiger partial charge in [-0.3, -0.25) is 0 Å². The second-order valence-corrected chi connectivity index (χ2v) is 8.31. The van der Waals surface area contributed by atoms with Crippen molar-refractivity contribution in [2.24, 2.45) is 0 Å². The van der Waals surface area contributed by atoms with Gasteiger partial charge in [-0.2, -0.15) is 0 Å². The molecule has 29 heavy (non-hydrogen) atoms. The van der Waals surface area contributed by atoms with Crippen LogP contribution in [0.25, 0.3) is 47.7 Å². The summed E-state index contributed by atoms with van der Waals surface area (Å²) in [5, 5.41) is 24.3. The molecule has 0 saturated carbocycles. The smallest absolute Gasteiger partial charge is 0.423 e. The zero-order valence-corrected chi connectivity index (χ0v) is 16.2. The second kappa shape index (κ2) is 6.19. The third kappa shape index (κ3) is 2.39. The Morgan fingerprint density at radius 2 is 1.48 bits per heavy atom. The number of para-hydroxylation sites is 1. The Morgan fingerprint density at radius 1 is 0.690 bits per heavy atom. The Balaban J connectivity index is 1.80. The maximum atomic E-state index is 9.64. The number of thiophene rings is 1. The van der Waals surface area contributed by atoms with Crippen molar-refractivity contribution in [3.63, 3.8) is 0 Å². The van der Waals surface area contributed by atoms with Crippen LogP contribution in [0.3, 0.4) is 0 Å². The summed E-state index contributed by atoms with van der Waals surface area (Å²) in [4.78, 5) is 0. The van der Waals surface area contributed by atoms with Gasteiger partial charge in [-0.25, -0.2) is 0 Å². The van der Waals surface area contributed by atoms with E-state index in [1.165, 1.54) is 30.9 Å². The maximum absolute atomic E-state index is 9.64. The van der Waals surface area contributed by atoms with Gasteiger partial charge in [0.15, 0.2) is 0 Å². The van der Waals surface area contributed by atoms with Crippen LogP contribution in [0.5, 0.6) is 0 Å². The molecule has 0 unspecified atom stereocenters. The number of rotatable bonds is 2. The molecule has 2 aromatic heterocycles. The highest BCUT2D eigenvalue weighted by Crippen LogP contribution is 2.42. The average Bonchev–Trinajstić information content (AvgIpc) is 3.29. The van der Waals surface area contributed by atoms with Crippen molar-refractivity contribution in [2.75, 3.05) is 0 Å². The number of hydrogen-bond donors (Lipinski definition) is 2. The molecule has 0 aliphatic carbocycles. The molecule has 5 heteroatoms. The zero-order chi connectivity index (χ0) is 19.5. The van der Waals surface area contributed by atoms with Crippen LogP contribution in [0.4, 0.5) is 0 Å². The predicted octanol–water partition coefficient (Wildman–Crippen LogP) is 4.83. The lowest BCUT2D eigenvalue weighted by molar-refractivity contribution is 0.426. The highest BCUT2D eigenvalue weighted by molar-refractivity contribution is 7.26. The van der Waals surface area contributed by atoms with Gasteiger partial charge in [-0.05, 0) is 35.8 Å². The van der Waals surface area contributed by atoms with E-state index in [1.807, 2.05) is 35.6 Å². The van der Waals surface area contributed by atoms with E-state index in [1.54, 1.807) is 6.07 Å². The summed E-state index contributed by atoms with van der Waals surface area (Å²) >= 11 is 1.83. The summed E-state index contributed by atoms with van der Waals surface area (Å²) in [6.45, 7) is 0. The van der Waals surface area contributed by atoms with Crippen molar-refractivity contribution in [1.29, 1.82) is 0 Å². The van der Waals surface area contributed by atoms with Crippen LogP contribution < -0.4 is 5.46 Å². The van der Waals surface area contributed by atoms with E-state index in [4.69, 9.17) is 0 Å². The first-order valence-electron chi connectivity index (χ1n) is 9.52. The third-order valence-corrected chi connectivity index (χ3v) is 6.81. The second-order valence-electron chi connectivity index (χ2n) is 7.26. The summed E-state index contributed by atoms with van der Waals surface area (Å²) in [5.74, 6) is 0. The van der Waals surface area contributed by atoms with Gasteiger partial charge in [0.1, 0.15) is 0 Å². The number of aromatic nitrogens is 1. The molecule has 2 heterocycles. The van der Waals surface area contributed by atoms with E-state index >= 15 is 0 Å². The standard InChI is InChI=1S/C24H16BNO2S/c27-25(28)15-6-5-7-16(14-15)26-20-10-3-1-9-19(20)23-21(26)13-12-18-17-8-2-4-11-22(17)29-24(18)23/h1-14,27-28H. The van der Waals surface area contributed by atoms with Crippen LogP contribution in [0.1, 0.15) is 0 Å². The molecule has 2 N–H and O–H groups in total. The minimum absolute atomic E-state index is 0.483. The lowest BCUT2D eigenvalue weighted by Crippen LogP contribution is -2.29. The molecule has 6 aromatic rings. The van der Waals surface area contributed by atoms with Gasteiger partial charge in [0, 0.05) is 36.6 Å². The Kier molecular flexibility index (Phi) is 3.59. The van der Waals surface area contributed by atoms with E-state index in [-0.39, 0.29) is 0 Å². The molecule has 0 spiro atoms. The van der Waals surface area contributed by atoms with Crippen molar-refractivity contribution in [2.45, 2.75) is 0 Å². The summed E-state index contributed by atoms with van der Waals surface area (Å²) in [6.07, 6.45) is 0. The number of hydrogen-bond acceptors (Lipinski definition) is 3. The summed E-state index contributed by atoms with van der Waals surface area (Å²) in [7, 11) is -1.49. The van der Waals surface area contributed by atoms with E-state index in [0.717, 1.165) is 16.7 Å². The van der Waals surface area contributed by atoms with Crippen LogP contribution in [0.15, 0.2) is 84.9 Å². The fourth-order valence-electron chi connectivity index (χ4n) is 4.34. The zero-order valence-electron chi connectivity index (χ0n) is 15.4. The van der Waals surface area contributed by atoms with Crippen molar-refractivity contribution in [3.05, 3.63) is 84.9 Å². The number of benzene rings is 4. The van der Waals surface area contributed by atoms with Crippen molar-refractivity contribution < 1.29 is 10.0 Å². The van der Waals surface area contributed by atoms with Crippen LogP contribution >= 0.6 is 11.3 Å². The molecule has 0 amide bonds. The van der Waals surface area contributed by atoms with Crippen LogP contribution in [-0.2, 0) is 0 Å². The Bertz CT molecular complexity index is 1550. The Labute approximate surface area is 171 Å². The molecular weight excluding hydrogens is 377 g/mol.